The van der Waals surface area contributed by atoms with Crippen molar-refractivity contribution in [2.75, 3.05) is 6.54 Å². The number of amides is 4. The Labute approximate surface area is 164 Å². The summed E-state index contributed by atoms with van der Waals surface area (Å²) in [7, 11) is 0. The smallest absolute Gasteiger partial charge is 0.325 e. The van der Waals surface area contributed by atoms with E-state index < -0.39 is 11.6 Å². The monoisotopic (exact) mass is 379 g/mol. The van der Waals surface area contributed by atoms with Crippen molar-refractivity contribution in [1.82, 2.24) is 15.5 Å². The number of hydrogen-bond donors (Lipinski definition) is 2. The molecule has 0 bridgehead atoms. The molecule has 2 fully saturated rings. The van der Waals surface area contributed by atoms with E-state index in [1.54, 1.807) is 0 Å². The van der Waals surface area contributed by atoms with Gasteiger partial charge in [-0.25, -0.2) is 4.79 Å². The number of hydrogen-bond acceptors (Lipinski definition) is 3. The zero-order valence-electron chi connectivity index (χ0n) is 16.0. The number of imide groups is 1. The van der Waals surface area contributed by atoms with Gasteiger partial charge >= 0.3 is 6.03 Å². The molecule has 2 N–H and O–H groups in total. The Bertz CT molecular complexity index is 942. The van der Waals surface area contributed by atoms with Crippen LogP contribution < -0.4 is 10.6 Å². The van der Waals surface area contributed by atoms with Gasteiger partial charge in [-0.15, -0.1) is 0 Å². The molecular formula is C22H25N3O3. The van der Waals surface area contributed by atoms with E-state index in [9.17, 15) is 14.4 Å². The first-order chi connectivity index (χ1) is 13.5. The predicted octanol–water partition coefficient (Wildman–Crippen LogP) is 2.96. The molecule has 1 aliphatic carbocycles. The Morgan fingerprint density at radius 3 is 2.75 bits per heavy atom. The Balaban J connectivity index is 1.39. The predicted molar refractivity (Wildman–Crippen MR) is 106 cm³/mol. The molecule has 1 spiro atoms. The largest absolute Gasteiger partial charge is 0.350 e. The highest BCUT2D eigenvalue weighted by atomic mass is 16.2. The Morgan fingerprint density at radius 2 is 1.96 bits per heavy atom. The molecule has 6 nitrogen and oxygen atoms in total. The van der Waals surface area contributed by atoms with Crippen LogP contribution in [0.2, 0.25) is 0 Å². The number of urea groups is 1. The van der Waals surface area contributed by atoms with E-state index in [0.29, 0.717) is 13.0 Å². The zero-order chi connectivity index (χ0) is 19.7. The lowest BCUT2D eigenvalue weighted by atomic mass is 9.73. The maximum Gasteiger partial charge on any atom is 0.325 e. The average molecular weight is 379 g/mol. The average Bonchev–Trinajstić information content (AvgIpc) is 2.93. The fraction of sp³-hybridized carbons (Fsp3) is 0.409. The molecule has 2 aromatic rings. The van der Waals surface area contributed by atoms with E-state index in [1.165, 1.54) is 0 Å². The van der Waals surface area contributed by atoms with Gasteiger partial charge in [0.1, 0.15) is 12.1 Å². The van der Waals surface area contributed by atoms with Crippen molar-refractivity contribution in [3.8, 4) is 0 Å². The summed E-state index contributed by atoms with van der Waals surface area (Å²) in [6.07, 6.45) is 3.54. The third-order valence-corrected chi connectivity index (χ3v) is 6.11. The molecule has 0 aromatic heterocycles. The molecular weight excluding hydrogens is 354 g/mol. The second-order valence-corrected chi connectivity index (χ2v) is 7.90. The molecule has 2 unspecified atom stereocenters. The lowest BCUT2D eigenvalue weighted by Crippen LogP contribution is -2.54. The quantitative estimate of drug-likeness (QED) is 0.802. The maximum atomic E-state index is 12.9. The molecule has 0 radical (unpaired) electrons. The number of nitrogens with one attached hydrogen (secondary N) is 2. The Morgan fingerprint density at radius 1 is 1.18 bits per heavy atom. The van der Waals surface area contributed by atoms with Gasteiger partial charge in [-0.2, -0.15) is 0 Å². The summed E-state index contributed by atoms with van der Waals surface area (Å²) in [5, 5.41) is 7.95. The number of carbonyl (C=O) groups is 3. The lowest BCUT2D eigenvalue weighted by Gasteiger charge is -2.36. The third-order valence-electron chi connectivity index (χ3n) is 6.11. The minimum absolute atomic E-state index is 0.0864. The van der Waals surface area contributed by atoms with Crippen LogP contribution in [0, 0.1) is 5.92 Å². The molecule has 1 saturated carbocycles. The number of carbonyl (C=O) groups excluding carboxylic acids is 3. The standard InChI is InChI=1S/C22H25N3O3/c1-15-6-4-5-11-22(15)20(27)25(21(28)24-22)14-19(26)23-13-16-9-10-17-7-2-3-8-18(17)12-16/h2-3,7-10,12,15H,4-6,11,13-14H2,1H3,(H,23,26)(H,24,28). The first-order valence-corrected chi connectivity index (χ1v) is 9.88. The van der Waals surface area contributed by atoms with Gasteiger partial charge in [0.2, 0.25) is 5.91 Å². The van der Waals surface area contributed by atoms with Gasteiger partial charge in [-0.05, 0) is 41.2 Å². The summed E-state index contributed by atoms with van der Waals surface area (Å²) in [5.74, 6) is -0.508. The fourth-order valence-electron chi connectivity index (χ4n) is 4.39. The second-order valence-electron chi connectivity index (χ2n) is 7.90. The molecule has 2 atom stereocenters. The summed E-state index contributed by atoms with van der Waals surface area (Å²) >= 11 is 0. The Hall–Kier alpha value is -2.89. The highest BCUT2D eigenvalue weighted by Crippen LogP contribution is 2.38. The summed E-state index contributed by atoms with van der Waals surface area (Å²) in [6, 6.07) is 13.6. The fourth-order valence-corrected chi connectivity index (χ4v) is 4.39. The van der Waals surface area contributed by atoms with E-state index >= 15 is 0 Å². The van der Waals surface area contributed by atoms with Crippen LogP contribution in [0.4, 0.5) is 4.79 Å². The van der Waals surface area contributed by atoms with Crippen LogP contribution in [0.25, 0.3) is 10.8 Å². The summed E-state index contributed by atoms with van der Waals surface area (Å²) in [6.45, 7) is 2.11. The molecule has 2 aromatic carbocycles. The van der Waals surface area contributed by atoms with Gasteiger partial charge in [0, 0.05) is 6.54 Å². The molecule has 4 amide bonds. The minimum atomic E-state index is -0.825. The van der Waals surface area contributed by atoms with Crippen molar-refractivity contribution in [3.63, 3.8) is 0 Å². The minimum Gasteiger partial charge on any atom is -0.350 e. The van der Waals surface area contributed by atoms with Gasteiger partial charge in [0.05, 0.1) is 0 Å². The van der Waals surface area contributed by atoms with Crippen molar-refractivity contribution >= 4 is 28.6 Å². The number of benzene rings is 2. The summed E-state index contributed by atoms with van der Waals surface area (Å²) in [5.41, 5.74) is 0.148. The van der Waals surface area contributed by atoms with Gasteiger partial charge in [0.15, 0.2) is 0 Å². The van der Waals surface area contributed by atoms with Crippen molar-refractivity contribution in [3.05, 3.63) is 48.0 Å². The van der Waals surface area contributed by atoms with E-state index in [2.05, 4.69) is 10.6 Å². The second kappa shape index (κ2) is 7.26. The van der Waals surface area contributed by atoms with Crippen LogP contribution in [-0.2, 0) is 16.1 Å². The van der Waals surface area contributed by atoms with E-state index in [1.807, 2.05) is 49.4 Å². The van der Waals surface area contributed by atoms with Crippen LogP contribution in [-0.4, -0.2) is 34.8 Å². The molecule has 1 aliphatic heterocycles. The van der Waals surface area contributed by atoms with Gasteiger partial charge in [-0.3, -0.25) is 14.5 Å². The van der Waals surface area contributed by atoms with Crippen molar-refractivity contribution in [2.24, 2.45) is 5.92 Å². The first-order valence-electron chi connectivity index (χ1n) is 9.88. The molecule has 1 heterocycles. The number of nitrogens with zero attached hydrogens (tertiary/aromatic N) is 1. The molecule has 4 rings (SSSR count). The molecule has 146 valence electrons. The third kappa shape index (κ3) is 3.23. The summed E-state index contributed by atoms with van der Waals surface area (Å²) in [4.78, 5) is 38.8. The topological polar surface area (TPSA) is 78.5 Å². The van der Waals surface area contributed by atoms with Crippen LogP contribution in [0.5, 0.6) is 0 Å². The van der Waals surface area contributed by atoms with Gasteiger partial charge in [0.25, 0.3) is 5.91 Å². The molecule has 6 heteroatoms. The van der Waals surface area contributed by atoms with E-state index in [0.717, 1.165) is 40.5 Å². The SMILES string of the molecule is CC1CCCCC12NC(=O)N(CC(=O)NCc1ccc3ccccc3c1)C2=O. The van der Waals surface area contributed by atoms with Gasteiger partial charge < -0.3 is 10.6 Å². The number of fused-ring (bicyclic) bond motifs is 1. The maximum absolute atomic E-state index is 12.9. The van der Waals surface area contributed by atoms with Crippen molar-refractivity contribution in [1.29, 1.82) is 0 Å². The van der Waals surface area contributed by atoms with Crippen LogP contribution in [0.15, 0.2) is 42.5 Å². The van der Waals surface area contributed by atoms with E-state index in [4.69, 9.17) is 0 Å². The van der Waals surface area contributed by atoms with Crippen molar-refractivity contribution < 1.29 is 14.4 Å². The van der Waals surface area contributed by atoms with E-state index in [-0.39, 0.29) is 24.3 Å². The highest BCUT2D eigenvalue weighted by molar-refractivity contribution is 6.09. The van der Waals surface area contributed by atoms with Crippen LogP contribution >= 0.6 is 0 Å². The normalized spacial score (nSPS) is 24.6. The van der Waals surface area contributed by atoms with Gasteiger partial charge in [-0.1, -0.05) is 56.2 Å². The van der Waals surface area contributed by atoms with Crippen LogP contribution in [0.3, 0.4) is 0 Å². The van der Waals surface area contributed by atoms with Crippen LogP contribution in [0.1, 0.15) is 38.2 Å². The molecule has 28 heavy (non-hydrogen) atoms. The zero-order valence-corrected chi connectivity index (χ0v) is 16.0. The lowest BCUT2D eigenvalue weighted by molar-refractivity contribution is -0.137. The molecule has 2 aliphatic rings. The van der Waals surface area contributed by atoms with Crippen molar-refractivity contribution in [2.45, 2.75) is 44.7 Å². The molecule has 1 saturated heterocycles. The number of rotatable bonds is 4. The summed E-state index contributed by atoms with van der Waals surface area (Å²) < 4.78 is 0. The first kappa shape index (κ1) is 18.5. The Kier molecular flexibility index (Phi) is 4.79. The highest BCUT2D eigenvalue weighted by Gasteiger charge is 2.55.